The maximum absolute atomic E-state index is 12.0. The molecule has 6 heteroatoms. The summed E-state index contributed by atoms with van der Waals surface area (Å²) in [6.45, 7) is 1.77. The van der Waals surface area contributed by atoms with Gasteiger partial charge in [0.25, 0.3) is 5.91 Å². The molecule has 0 fully saturated rings. The zero-order valence-electron chi connectivity index (χ0n) is 13.2. The normalized spacial score (nSPS) is 11.0. The SMILES string of the molecule is COc1ccc(/C(C)=N/NC(=O)c2cccc(O)c2)cc1OC. The maximum Gasteiger partial charge on any atom is 0.271 e. The average Bonchev–Trinajstić information content (AvgIpc) is 2.58. The minimum Gasteiger partial charge on any atom is -0.508 e. The Morgan fingerprint density at radius 1 is 1.04 bits per heavy atom. The van der Waals surface area contributed by atoms with Crippen LogP contribution in [-0.4, -0.2) is 30.9 Å². The van der Waals surface area contributed by atoms with Gasteiger partial charge in [-0.3, -0.25) is 4.79 Å². The Labute approximate surface area is 134 Å². The first-order valence-electron chi connectivity index (χ1n) is 6.91. The van der Waals surface area contributed by atoms with E-state index in [4.69, 9.17) is 9.47 Å². The van der Waals surface area contributed by atoms with Crippen LogP contribution in [0, 0.1) is 0 Å². The molecule has 0 unspecified atom stereocenters. The highest BCUT2D eigenvalue weighted by atomic mass is 16.5. The lowest BCUT2D eigenvalue weighted by atomic mass is 10.1. The van der Waals surface area contributed by atoms with Crippen molar-refractivity contribution in [3.05, 3.63) is 53.6 Å². The Kier molecular flexibility index (Phi) is 5.19. The molecule has 0 atom stereocenters. The molecule has 0 spiro atoms. The van der Waals surface area contributed by atoms with Gasteiger partial charge in [-0.2, -0.15) is 5.10 Å². The minimum atomic E-state index is -0.402. The van der Waals surface area contributed by atoms with E-state index in [0.29, 0.717) is 22.8 Å². The second-order valence-electron chi connectivity index (χ2n) is 4.76. The largest absolute Gasteiger partial charge is 0.508 e. The maximum atomic E-state index is 12.0. The number of nitrogens with one attached hydrogen (secondary N) is 1. The van der Waals surface area contributed by atoms with Crippen LogP contribution in [0.25, 0.3) is 0 Å². The van der Waals surface area contributed by atoms with Crippen molar-refractivity contribution in [2.45, 2.75) is 6.92 Å². The predicted octanol–water partition coefficient (Wildman–Crippen LogP) is 2.56. The van der Waals surface area contributed by atoms with Crippen molar-refractivity contribution in [1.82, 2.24) is 5.43 Å². The summed E-state index contributed by atoms with van der Waals surface area (Å²) in [5, 5.41) is 13.5. The third-order valence-corrected chi connectivity index (χ3v) is 3.23. The molecule has 2 N–H and O–H groups in total. The molecule has 0 aliphatic rings. The van der Waals surface area contributed by atoms with Gasteiger partial charge in [-0.05, 0) is 43.3 Å². The molecule has 1 amide bonds. The second kappa shape index (κ2) is 7.31. The number of carbonyl (C=O) groups is 1. The molecule has 6 nitrogen and oxygen atoms in total. The summed E-state index contributed by atoms with van der Waals surface area (Å²) in [5.74, 6) is 0.825. The van der Waals surface area contributed by atoms with Gasteiger partial charge < -0.3 is 14.6 Å². The number of hydrazone groups is 1. The van der Waals surface area contributed by atoms with E-state index in [-0.39, 0.29) is 5.75 Å². The third-order valence-electron chi connectivity index (χ3n) is 3.23. The fourth-order valence-electron chi connectivity index (χ4n) is 1.97. The van der Waals surface area contributed by atoms with Gasteiger partial charge in [0.15, 0.2) is 11.5 Å². The number of phenolic OH excluding ortho intramolecular Hbond substituents is 1. The van der Waals surface area contributed by atoms with E-state index >= 15 is 0 Å². The molecule has 2 aromatic carbocycles. The zero-order chi connectivity index (χ0) is 16.8. The van der Waals surface area contributed by atoms with E-state index in [9.17, 15) is 9.90 Å². The van der Waals surface area contributed by atoms with E-state index in [1.54, 1.807) is 45.4 Å². The lowest BCUT2D eigenvalue weighted by molar-refractivity contribution is 0.0954. The van der Waals surface area contributed by atoms with E-state index < -0.39 is 5.91 Å². The monoisotopic (exact) mass is 314 g/mol. The van der Waals surface area contributed by atoms with Crippen LogP contribution in [0.1, 0.15) is 22.8 Å². The van der Waals surface area contributed by atoms with Crippen LogP contribution in [0.2, 0.25) is 0 Å². The van der Waals surface area contributed by atoms with Crippen LogP contribution in [0.3, 0.4) is 0 Å². The van der Waals surface area contributed by atoms with Crippen molar-refractivity contribution < 1.29 is 19.4 Å². The van der Waals surface area contributed by atoms with Crippen molar-refractivity contribution in [3.63, 3.8) is 0 Å². The number of carbonyl (C=O) groups excluding carboxylic acids is 1. The molecule has 2 rings (SSSR count). The summed E-state index contributed by atoms with van der Waals surface area (Å²) in [6.07, 6.45) is 0. The third kappa shape index (κ3) is 4.00. The van der Waals surface area contributed by atoms with Gasteiger partial charge in [0, 0.05) is 11.1 Å². The van der Waals surface area contributed by atoms with Crippen LogP contribution in [0.4, 0.5) is 0 Å². The Balaban J connectivity index is 2.15. The summed E-state index contributed by atoms with van der Waals surface area (Å²) in [4.78, 5) is 12.0. The summed E-state index contributed by atoms with van der Waals surface area (Å²) < 4.78 is 10.4. The van der Waals surface area contributed by atoms with Crippen molar-refractivity contribution >= 4 is 11.6 Å². The van der Waals surface area contributed by atoms with Crippen molar-refractivity contribution in [1.29, 1.82) is 0 Å². The second-order valence-corrected chi connectivity index (χ2v) is 4.76. The number of rotatable bonds is 5. The number of nitrogens with zero attached hydrogens (tertiary/aromatic N) is 1. The molecule has 0 saturated carbocycles. The van der Waals surface area contributed by atoms with Gasteiger partial charge >= 0.3 is 0 Å². The first kappa shape index (κ1) is 16.4. The molecule has 0 heterocycles. The summed E-state index contributed by atoms with van der Waals surface area (Å²) in [6, 6.07) is 11.4. The lowest BCUT2D eigenvalue weighted by Crippen LogP contribution is -2.19. The number of methoxy groups -OCH3 is 2. The first-order chi connectivity index (χ1) is 11.0. The Hall–Kier alpha value is -3.02. The number of hydrogen-bond acceptors (Lipinski definition) is 5. The predicted molar refractivity (Wildman–Crippen MR) is 87.3 cm³/mol. The number of benzene rings is 2. The van der Waals surface area contributed by atoms with Gasteiger partial charge in [0.05, 0.1) is 19.9 Å². The number of phenols is 1. The molecule has 0 aliphatic carbocycles. The van der Waals surface area contributed by atoms with Gasteiger partial charge in [0.2, 0.25) is 0 Å². The van der Waals surface area contributed by atoms with E-state index in [2.05, 4.69) is 10.5 Å². The van der Waals surface area contributed by atoms with Crippen LogP contribution in [0.5, 0.6) is 17.2 Å². The highest BCUT2D eigenvalue weighted by Crippen LogP contribution is 2.27. The topological polar surface area (TPSA) is 80.2 Å². The number of ether oxygens (including phenoxy) is 2. The fourth-order valence-corrected chi connectivity index (χ4v) is 1.97. The molecule has 23 heavy (non-hydrogen) atoms. The molecule has 0 saturated heterocycles. The molecule has 0 radical (unpaired) electrons. The molecule has 0 aromatic heterocycles. The molecule has 0 aliphatic heterocycles. The number of amides is 1. The van der Waals surface area contributed by atoms with E-state index in [1.807, 2.05) is 6.07 Å². The molecule has 120 valence electrons. The average molecular weight is 314 g/mol. The number of aromatic hydroxyl groups is 1. The Morgan fingerprint density at radius 3 is 2.43 bits per heavy atom. The summed E-state index contributed by atoms with van der Waals surface area (Å²) in [7, 11) is 3.12. The van der Waals surface area contributed by atoms with E-state index in [0.717, 1.165) is 5.56 Å². The Bertz CT molecular complexity index is 741. The minimum absolute atomic E-state index is 0.0262. The van der Waals surface area contributed by atoms with Gasteiger partial charge in [-0.15, -0.1) is 0 Å². The van der Waals surface area contributed by atoms with E-state index in [1.165, 1.54) is 12.1 Å². The van der Waals surface area contributed by atoms with Crippen LogP contribution >= 0.6 is 0 Å². The first-order valence-corrected chi connectivity index (χ1v) is 6.91. The lowest BCUT2D eigenvalue weighted by Gasteiger charge is -2.09. The van der Waals surface area contributed by atoms with Crippen molar-refractivity contribution in [2.75, 3.05) is 14.2 Å². The van der Waals surface area contributed by atoms with Gasteiger partial charge in [0.1, 0.15) is 5.75 Å². The smallest absolute Gasteiger partial charge is 0.271 e. The summed E-state index contributed by atoms with van der Waals surface area (Å²) >= 11 is 0. The van der Waals surface area contributed by atoms with Gasteiger partial charge in [-0.1, -0.05) is 6.07 Å². The highest BCUT2D eigenvalue weighted by molar-refractivity contribution is 6.01. The van der Waals surface area contributed by atoms with Gasteiger partial charge in [-0.25, -0.2) is 5.43 Å². The van der Waals surface area contributed by atoms with Crippen molar-refractivity contribution in [2.24, 2.45) is 5.10 Å². The zero-order valence-corrected chi connectivity index (χ0v) is 13.2. The molecule has 0 bridgehead atoms. The van der Waals surface area contributed by atoms with Crippen LogP contribution in [0.15, 0.2) is 47.6 Å². The Morgan fingerprint density at radius 2 is 1.78 bits per heavy atom. The van der Waals surface area contributed by atoms with Crippen LogP contribution < -0.4 is 14.9 Å². The standard InChI is InChI=1S/C17H18N2O4/c1-11(12-7-8-15(22-2)16(10-12)23-3)18-19-17(21)13-5-4-6-14(20)9-13/h4-10,20H,1-3H3,(H,19,21)/b18-11+. The summed E-state index contributed by atoms with van der Waals surface area (Å²) in [5.41, 5.74) is 4.19. The highest BCUT2D eigenvalue weighted by Gasteiger charge is 2.08. The molecular weight excluding hydrogens is 296 g/mol. The van der Waals surface area contributed by atoms with Crippen LogP contribution in [-0.2, 0) is 0 Å². The van der Waals surface area contributed by atoms with Crippen molar-refractivity contribution in [3.8, 4) is 17.2 Å². The quantitative estimate of drug-likeness (QED) is 0.656. The fraction of sp³-hybridized carbons (Fsp3) is 0.176. The molecule has 2 aromatic rings. The number of hydrogen-bond donors (Lipinski definition) is 2. The molecular formula is C17H18N2O4.